The number of benzene rings is 1. The van der Waals surface area contributed by atoms with Crippen LogP contribution in [0.2, 0.25) is 0 Å². The number of hydrogen-bond acceptors (Lipinski definition) is 1. The van der Waals surface area contributed by atoms with Crippen molar-refractivity contribution in [2.24, 2.45) is 0 Å². The van der Waals surface area contributed by atoms with E-state index in [4.69, 9.17) is 11.6 Å². The third-order valence-electron chi connectivity index (χ3n) is 1.78. The van der Waals surface area contributed by atoms with E-state index in [9.17, 15) is 9.90 Å². The molecule has 0 aromatic heterocycles. The molecular weight excluding hydrogens is 228 g/mol. The van der Waals surface area contributed by atoms with Gasteiger partial charge in [0.05, 0.1) is 6.00 Å². The Hall–Kier alpha value is -1.52. The van der Waals surface area contributed by atoms with Gasteiger partial charge in [0.15, 0.2) is 0 Å². The summed E-state index contributed by atoms with van der Waals surface area (Å²) in [5.74, 6) is 0. The molecule has 0 heterocycles. The molecule has 0 bridgehead atoms. The molecule has 1 aromatic rings. The molecule has 0 fully saturated rings. The van der Waals surface area contributed by atoms with Gasteiger partial charge in [-0.05, 0) is 17.7 Å². The Kier molecular flexibility index (Phi) is 5.39. The minimum atomic E-state index is -0.361. The summed E-state index contributed by atoms with van der Waals surface area (Å²) in [6.45, 7) is -0.260. The van der Waals surface area contributed by atoms with Gasteiger partial charge in [0.25, 0.3) is 0 Å². The van der Waals surface area contributed by atoms with Crippen molar-refractivity contribution in [1.82, 2.24) is 5.32 Å². The number of alkyl halides is 1. The minimum absolute atomic E-state index is 0.0572. The summed E-state index contributed by atoms with van der Waals surface area (Å²) >= 11 is 5.34. The highest BCUT2D eigenvalue weighted by Gasteiger charge is 1.99. The molecule has 4 nitrogen and oxygen atoms in total. The van der Waals surface area contributed by atoms with Crippen LogP contribution in [0.25, 0.3) is 6.08 Å². The minimum Gasteiger partial charge on any atom is -0.324 e. The van der Waals surface area contributed by atoms with Crippen molar-refractivity contribution in [1.29, 1.82) is 0 Å². The van der Waals surface area contributed by atoms with Crippen LogP contribution in [0, 0.1) is 0 Å². The highest BCUT2D eigenvalue weighted by Crippen LogP contribution is 2.11. The van der Waals surface area contributed by atoms with Gasteiger partial charge in [-0.2, -0.15) is 0 Å². The molecule has 0 spiro atoms. The van der Waals surface area contributed by atoms with E-state index in [0.717, 1.165) is 5.56 Å². The van der Waals surface area contributed by atoms with E-state index in [1.165, 1.54) is 6.08 Å². The maximum atomic E-state index is 11.2. The summed E-state index contributed by atoms with van der Waals surface area (Å²) in [5.41, 5.74) is 1.51. The summed E-state index contributed by atoms with van der Waals surface area (Å²) in [6.07, 6.45) is 3.22. The summed E-state index contributed by atoms with van der Waals surface area (Å²) < 4.78 is 0. The first-order chi connectivity index (χ1) is 7.76. The Morgan fingerprint density at radius 2 is 2.25 bits per heavy atom. The van der Waals surface area contributed by atoms with Crippen molar-refractivity contribution in [3.63, 3.8) is 0 Å². The fraction of sp³-hybridized carbons (Fsp3) is 0.182. The van der Waals surface area contributed by atoms with Crippen LogP contribution in [0.4, 0.5) is 10.5 Å². The van der Waals surface area contributed by atoms with Gasteiger partial charge in [0.1, 0.15) is 6.61 Å². The monoisotopic (exact) mass is 239 g/mol. The van der Waals surface area contributed by atoms with Gasteiger partial charge in [0, 0.05) is 5.69 Å². The molecule has 1 radical (unpaired) electrons. The highest BCUT2D eigenvalue weighted by atomic mass is 35.5. The smallest absolute Gasteiger partial charge is 0.320 e. The molecule has 0 aliphatic carbocycles. The molecular formula is C11H12ClN2O2. The number of rotatable bonds is 4. The van der Waals surface area contributed by atoms with Crippen molar-refractivity contribution in [3.8, 4) is 0 Å². The van der Waals surface area contributed by atoms with Gasteiger partial charge in [-0.1, -0.05) is 24.3 Å². The number of anilines is 1. The van der Waals surface area contributed by atoms with Crippen molar-refractivity contribution in [2.45, 2.75) is 0 Å². The maximum Gasteiger partial charge on any atom is 0.320 e. The first-order valence-electron chi connectivity index (χ1n) is 4.72. The normalized spacial score (nSPS) is 10.4. The topological polar surface area (TPSA) is 61.0 Å². The number of urea groups is 1. The summed E-state index contributed by atoms with van der Waals surface area (Å²) in [5, 5.41) is 15.3. The second-order valence-corrected chi connectivity index (χ2v) is 3.23. The molecule has 0 aliphatic rings. The lowest BCUT2D eigenvalue weighted by Crippen LogP contribution is -2.27. The average molecular weight is 240 g/mol. The summed E-state index contributed by atoms with van der Waals surface area (Å²) in [4.78, 5) is 11.2. The van der Waals surface area contributed by atoms with Crippen LogP contribution in [0.15, 0.2) is 30.3 Å². The number of halogens is 1. The van der Waals surface area contributed by atoms with Crippen molar-refractivity contribution in [2.75, 3.05) is 17.9 Å². The van der Waals surface area contributed by atoms with Gasteiger partial charge in [-0.15, -0.1) is 11.6 Å². The second kappa shape index (κ2) is 6.87. The molecule has 0 saturated heterocycles. The molecule has 1 aromatic carbocycles. The third kappa shape index (κ3) is 4.33. The van der Waals surface area contributed by atoms with Crippen LogP contribution < -0.4 is 10.6 Å². The zero-order chi connectivity index (χ0) is 11.8. The van der Waals surface area contributed by atoms with Crippen LogP contribution in [0.1, 0.15) is 5.56 Å². The SMILES string of the molecule is [O]CC=Cc1cccc(NC(=O)NCCl)c1. The number of carbonyl (C=O) groups is 1. The molecule has 0 saturated carbocycles. The predicted molar refractivity (Wildman–Crippen MR) is 63.9 cm³/mol. The number of amides is 2. The molecule has 16 heavy (non-hydrogen) atoms. The lowest BCUT2D eigenvalue weighted by atomic mass is 10.2. The lowest BCUT2D eigenvalue weighted by molar-refractivity contribution is 0.233. The van der Waals surface area contributed by atoms with E-state index in [2.05, 4.69) is 10.6 Å². The Bertz CT molecular complexity index is 380. The molecule has 1 rings (SSSR count). The number of hydrogen-bond donors (Lipinski definition) is 2. The van der Waals surface area contributed by atoms with Gasteiger partial charge in [0.2, 0.25) is 0 Å². The fourth-order valence-electron chi connectivity index (χ4n) is 1.14. The van der Waals surface area contributed by atoms with E-state index in [1.54, 1.807) is 24.3 Å². The standard InChI is InChI=1S/C11H12ClN2O2/c12-8-13-11(16)14-10-5-1-3-9(7-10)4-2-6-15/h1-5,7H,6,8H2,(H2,13,14,16). The number of carbonyl (C=O) groups excluding carboxylic acids is 1. The Morgan fingerprint density at radius 1 is 1.44 bits per heavy atom. The molecule has 2 amide bonds. The highest BCUT2D eigenvalue weighted by molar-refractivity contribution is 6.18. The third-order valence-corrected chi connectivity index (χ3v) is 1.91. The first kappa shape index (κ1) is 12.5. The van der Waals surface area contributed by atoms with Crippen LogP contribution in [0.5, 0.6) is 0 Å². The quantitative estimate of drug-likeness (QED) is 0.615. The molecule has 85 valence electrons. The van der Waals surface area contributed by atoms with E-state index in [0.29, 0.717) is 5.69 Å². The fourth-order valence-corrected chi connectivity index (χ4v) is 1.26. The first-order valence-corrected chi connectivity index (χ1v) is 5.25. The molecule has 0 unspecified atom stereocenters. The summed E-state index contributed by atoms with van der Waals surface area (Å²) in [6, 6.07) is 6.85. The molecule has 5 heteroatoms. The van der Waals surface area contributed by atoms with E-state index >= 15 is 0 Å². The Balaban J connectivity index is 2.67. The van der Waals surface area contributed by atoms with Gasteiger partial charge < -0.3 is 10.6 Å². The van der Waals surface area contributed by atoms with Crippen molar-refractivity contribution >= 4 is 29.4 Å². The van der Waals surface area contributed by atoms with Crippen molar-refractivity contribution in [3.05, 3.63) is 35.9 Å². The zero-order valence-electron chi connectivity index (χ0n) is 8.57. The second-order valence-electron chi connectivity index (χ2n) is 2.96. The molecule has 0 aliphatic heterocycles. The van der Waals surface area contributed by atoms with Gasteiger partial charge in [-0.25, -0.2) is 9.90 Å². The predicted octanol–water partition coefficient (Wildman–Crippen LogP) is 2.45. The van der Waals surface area contributed by atoms with Crippen LogP contribution >= 0.6 is 11.6 Å². The summed E-state index contributed by atoms with van der Waals surface area (Å²) in [7, 11) is 0. The van der Waals surface area contributed by atoms with Crippen molar-refractivity contribution < 1.29 is 9.90 Å². The van der Waals surface area contributed by atoms with Crippen LogP contribution in [-0.4, -0.2) is 18.6 Å². The number of nitrogens with one attached hydrogen (secondary N) is 2. The zero-order valence-corrected chi connectivity index (χ0v) is 9.33. The Labute approximate surface area is 98.9 Å². The van der Waals surface area contributed by atoms with Gasteiger partial charge >= 0.3 is 6.03 Å². The van der Waals surface area contributed by atoms with Crippen LogP contribution in [0.3, 0.4) is 0 Å². The Morgan fingerprint density at radius 3 is 2.94 bits per heavy atom. The largest absolute Gasteiger partial charge is 0.324 e. The average Bonchev–Trinajstić information content (AvgIpc) is 2.27. The van der Waals surface area contributed by atoms with E-state index < -0.39 is 0 Å². The van der Waals surface area contributed by atoms with E-state index in [-0.39, 0.29) is 18.6 Å². The van der Waals surface area contributed by atoms with Gasteiger partial charge in [-0.3, -0.25) is 0 Å². The van der Waals surface area contributed by atoms with Crippen LogP contribution in [-0.2, 0) is 5.11 Å². The maximum absolute atomic E-state index is 11.2. The molecule has 0 atom stereocenters. The lowest BCUT2D eigenvalue weighted by Gasteiger charge is -2.05. The van der Waals surface area contributed by atoms with E-state index in [1.807, 2.05) is 6.07 Å². The molecule has 2 N–H and O–H groups in total.